The molecule has 1 atom stereocenters. The predicted molar refractivity (Wildman–Crippen MR) is 70.1 cm³/mol. The van der Waals surface area contributed by atoms with Crippen LogP contribution in [0.2, 0.25) is 0 Å². The Bertz CT molecular complexity index is 477. The number of aromatic nitrogens is 2. The lowest BCUT2D eigenvalue weighted by Crippen LogP contribution is -2.37. The molecule has 1 aliphatic heterocycles. The summed E-state index contributed by atoms with van der Waals surface area (Å²) in [5, 5.41) is 5.80. The maximum absolute atomic E-state index is 11.0. The summed E-state index contributed by atoms with van der Waals surface area (Å²) in [4.78, 5) is 24.6. The van der Waals surface area contributed by atoms with Crippen LogP contribution in [-0.2, 0) is 16.2 Å². The molecule has 1 aromatic rings. The summed E-state index contributed by atoms with van der Waals surface area (Å²) in [7, 11) is 0. The van der Waals surface area contributed by atoms with Crippen molar-refractivity contribution in [2.24, 2.45) is 0 Å². The second-order valence-corrected chi connectivity index (χ2v) is 4.18. The van der Waals surface area contributed by atoms with Crippen LogP contribution in [0.5, 0.6) is 0 Å². The molecule has 0 saturated heterocycles. The van der Waals surface area contributed by atoms with E-state index in [2.05, 4.69) is 32.7 Å². The highest BCUT2D eigenvalue weighted by atomic mass is 16.6. The van der Waals surface area contributed by atoms with Gasteiger partial charge in [-0.25, -0.2) is 9.97 Å². The highest BCUT2D eigenvalue weighted by Crippen LogP contribution is 2.20. The molecule has 3 N–H and O–H groups in total. The van der Waals surface area contributed by atoms with E-state index < -0.39 is 0 Å². The number of nitrogens with zero attached hydrogens (tertiary/aromatic N) is 2. The highest BCUT2D eigenvalue weighted by Gasteiger charge is 2.22. The number of amides is 1. The van der Waals surface area contributed by atoms with E-state index in [1.807, 2.05) is 0 Å². The van der Waals surface area contributed by atoms with Gasteiger partial charge in [0.1, 0.15) is 0 Å². The molecule has 7 heteroatoms. The lowest BCUT2D eigenvalue weighted by Gasteiger charge is -2.25. The Kier molecular flexibility index (Phi) is 4.56. The number of nitrogens with one attached hydrogen (secondary N) is 3. The second kappa shape index (κ2) is 6.37. The van der Waals surface area contributed by atoms with Gasteiger partial charge < -0.3 is 5.32 Å². The van der Waals surface area contributed by atoms with Crippen LogP contribution < -0.4 is 16.1 Å². The summed E-state index contributed by atoms with van der Waals surface area (Å²) in [5.74, 6) is 0.133. The molecule has 2 rings (SSSR count). The third-order valence-corrected chi connectivity index (χ3v) is 2.63. The van der Waals surface area contributed by atoms with Crippen LogP contribution in [0.15, 0.2) is 18.9 Å². The number of carbonyl (C=O) groups is 1. The van der Waals surface area contributed by atoms with Gasteiger partial charge in [-0.05, 0) is 0 Å². The molecule has 0 saturated carbocycles. The Morgan fingerprint density at radius 2 is 2.58 bits per heavy atom. The molecule has 19 heavy (non-hydrogen) atoms. The molecule has 0 aromatic carbocycles. The van der Waals surface area contributed by atoms with E-state index in [4.69, 9.17) is 4.84 Å². The van der Waals surface area contributed by atoms with Crippen molar-refractivity contribution in [3.8, 4) is 0 Å². The summed E-state index contributed by atoms with van der Waals surface area (Å²) in [6, 6.07) is -0.0184. The first-order valence-corrected chi connectivity index (χ1v) is 6.03. The molecule has 2 heterocycles. The molecule has 0 radical (unpaired) electrons. The number of anilines is 1. The minimum atomic E-state index is -0.187. The Morgan fingerprint density at radius 3 is 3.32 bits per heavy atom. The Balaban J connectivity index is 2.11. The lowest BCUT2D eigenvalue weighted by atomic mass is 10.0. The topological polar surface area (TPSA) is 88.2 Å². The van der Waals surface area contributed by atoms with Gasteiger partial charge in [-0.1, -0.05) is 6.08 Å². The first kappa shape index (κ1) is 13.6. The molecule has 0 bridgehead atoms. The van der Waals surface area contributed by atoms with Crippen molar-refractivity contribution in [1.29, 1.82) is 0 Å². The van der Waals surface area contributed by atoms with Crippen molar-refractivity contribution in [3.63, 3.8) is 0 Å². The van der Waals surface area contributed by atoms with Gasteiger partial charge in [0.15, 0.2) is 0 Å². The van der Waals surface area contributed by atoms with Crippen molar-refractivity contribution in [2.45, 2.75) is 19.5 Å². The molecule has 1 unspecified atom stereocenters. The van der Waals surface area contributed by atoms with E-state index in [0.717, 1.165) is 17.8 Å². The van der Waals surface area contributed by atoms with Crippen LogP contribution in [0.25, 0.3) is 0 Å². The Hall–Kier alpha value is -1.83. The number of hydrogen-bond acceptors (Lipinski definition) is 6. The molecule has 7 nitrogen and oxygen atoms in total. The van der Waals surface area contributed by atoms with Crippen molar-refractivity contribution in [1.82, 2.24) is 20.8 Å². The molecular formula is C12H17N5O2. The molecule has 102 valence electrons. The van der Waals surface area contributed by atoms with Crippen molar-refractivity contribution < 1.29 is 9.63 Å². The van der Waals surface area contributed by atoms with E-state index in [1.165, 1.54) is 6.92 Å². The number of carbonyl (C=O) groups excluding carboxylic acids is 1. The van der Waals surface area contributed by atoms with E-state index in [-0.39, 0.29) is 11.9 Å². The van der Waals surface area contributed by atoms with Gasteiger partial charge in [0.2, 0.25) is 11.9 Å². The monoisotopic (exact) mass is 263 g/mol. The van der Waals surface area contributed by atoms with Gasteiger partial charge in [0.25, 0.3) is 0 Å². The van der Waals surface area contributed by atoms with E-state index in [1.54, 1.807) is 12.3 Å². The fourth-order valence-corrected chi connectivity index (χ4v) is 1.83. The zero-order valence-corrected chi connectivity index (χ0v) is 10.8. The van der Waals surface area contributed by atoms with Gasteiger partial charge in [-0.3, -0.25) is 14.9 Å². The molecule has 0 aliphatic carbocycles. The molecular weight excluding hydrogens is 246 g/mol. The first-order chi connectivity index (χ1) is 9.20. The third-order valence-electron chi connectivity index (χ3n) is 2.63. The SMILES string of the molecule is C=CCONC1CNCc2nc(NC(C)=O)ncc21. The van der Waals surface area contributed by atoms with Gasteiger partial charge in [0, 0.05) is 31.8 Å². The van der Waals surface area contributed by atoms with E-state index in [0.29, 0.717) is 19.1 Å². The van der Waals surface area contributed by atoms with Crippen LogP contribution in [-0.4, -0.2) is 29.0 Å². The van der Waals surface area contributed by atoms with Gasteiger partial charge in [-0.15, -0.1) is 6.58 Å². The zero-order valence-electron chi connectivity index (χ0n) is 10.8. The summed E-state index contributed by atoms with van der Waals surface area (Å²) in [6.07, 6.45) is 3.38. The van der Waals surface area contributed by atoms with E-state index in [9.17, 15) is 4.79 Å². The number of fused-ring (bicyclic) bond motifs is 1. The molecule has 1 amide bonds. The second-order valence-electron chi connectivity index (χ2n) is 4.18. The Labute approximate surface area is 111 Å². The van der Waals surface area contributed by atoms with Crippen molar-refractivity contribution >= 4 is 11.9 Å². The number of rotatable bonds is 5. The van der Waals surface area contributed by atoms with Gasteiger partial charge in [-0.2, -0.15) is 5.48 Å². The van der Waals surface area contributed by atoms with Crippen molar-refractivity contribution in [3.05, 3.63) is 30.1 Å². The van der Waals surface area contributed by atoms with Crippen LogP contribution in [0, 0.1) is 0 Å². The molecule has 1 aliphatic rings. The maximum atomic E-state index is 11.0. The minimum absolute atomic E-state index is 0.0184. The van der Waals surface area contributed by atoms with Gasteiger partial charge >= 0.3 is 0 Å². The highest BCUT2D eigenvalue weighted by molar-refractivity contribution is 5.86. The summed E-state index contributed by atoms with van der Waals surface area (Å²) >= 11 is 0. The minimum Gasteiger partial charge on any atom is -0.309 e. The van der Waals surface area contributed by atoms with Crippen LogP contribution in [0.1, 0.15) is 24.2 Å². The fraction of sp³-hybridized carbons (Fsp3) is 0.417. The zero-order chi connectivity index (χ0) is 13.7. The maximum Gasteiger partial charge on any atom is 0.229 e. The molecule has 0 fully saturated rings. The van der Waals surface area contributed by atoms with Gasteiger partial charge in [0.05, 0.1) is 18.3 Å². The average Bonchev–Trinajstić information content (AvgIpc) is 2.38. The summed E-state index contributed by atoms with van der Waals surface area (Å²) in [6.45, 7) is 6.81. The van der Waals surface area contributed by atoms with Crippen molar-refractivity contribution in [2.75, 3.05) is 18.5 Å². The quantitative estimate of drug-likeness (QED) is 0.402. The number of hydrogen-bond donors (Lipinski definition) is 3. The molecule has 1 aromatic heterocycles. The van der Waals surface area contributed by atoms with Crippen LogP contribution in [0.4, 0.5) is 5.95 Å². The standard InChI is InChI=1S/C12H17N5O2/c1-3-4-19-17-11-7-13-6-10-9(11)5-14-12(16-10)15-8(2)18/h3,5,11,13,17H,1,4,6-7H2,2H3,(H,14,15,16,18). The number of hydroxylamine groups is 1. The van der Waals surface area contributed by atoms with E-state index >= 15 is 0 Å². The van der Waals surface area contributed by atoms with Crippen LogP contribution >= 0.6 is 0 Å². The largest absolute Gasteiger partial charge is 0.309 e. The normalized spacial score (nSPS) is 17.6. The van der Waals surface area contributed by atoms with Crippen LogP contribution in [0.3, 0.4) is 0 Å². The third kappa shape index (κ3) is 3.57. The predicted octanol–water partition coefficient (Wildman–Crippen LogP) is 0.286. The first-order valence-electron chi connectivity index (χ1n) is 6.03. The molecule has 0 spiro atoms. The smallest absolute Gasteiger partial charge is 0.229 e. The average molecular weight is 263 g/mol. The fourth-order valence-electron chi connectivity index (χ4n) is 1.83. The Morgan fingerprint density at radius 1 is 1.74 bits per heavy atom. The summed E-state index contributed by atoms with van der Waals surface area (Å²) in [5.41, 5.74) is 4.76. The summed E-state index contributed by atoms with van der Waals surface area (Å²) < 4.78 is 0. The lowest BCUT2D eigenvalue weighted by molar-refractivity contribution is -0.114.